The summed E-state index contributed by atoms with van der Waals surface area (Å²) in [6, 6.07) is 15.9. The number of fused-ring (bicyclic) bond motifs is 1. The number of hydrogen-bond donors (Lipinski definition) is 1. The number of para-hydroxylation sites is 1. The van der Waals surface area contributed by atoms with Crippen molar-refractivity contribution >= 4 is 17.7 Å². The van der Waals surface area contributed by atoms with Crippen molar-refractivity contribution in [3.8, 4) is 28.6 Å². The molecule has 1 N–H and O–H groups in total. The summed E-state index contributed by atoms with van der Waals surface area (Å²) in [5.74, 6) is 3.58. The molecule has 1 saturated carbocycles. The summed E-state index contributed by atoms with van der Waals surface area (Å²) in [5.41, 5.74) is 1.81. The van der Waals surface area contributed by atoms with Crippen LogP contribution in [0.3, 0.4) is 0 Å². The molecule has 8 heteroatoms. The Morgan fingerprint density at radius 2 is 1.91 bits per heavy atom. The summed E-state index contributed by atoms with van der Waals surface area (Å²) in [6.07, 6.45) is 3.46. The maximum absolute atomic E-state index is 12.8. The third kappa shape index (κ3) is 4.57. The number of nitrogens with one attached hydrogen (secondary N) is 1. The first-order valence-electron chi connectivity index (χ1n) is 11.4. The molecule has 3 aromatic rings. The van der Waals surface area contributed by atoms with Crippen molar-refractivity contribution in [3.63, 3.8) is 0 Å². The predicted octanol–water partition coefficient (Wildman–Crippen LogP) is 4.70. The van der Waals surface area contributed by atoms with Gasteiger partial charge < -0.3 is 14.8 Å². The number of amides is 1. The molecule has 2 aromatic carbocycles. The molecule has 1 aliphatic carbocycles. The molecule has 33 heavy (non-hydrogen) atoms. The van der Waals surface area contributed by atoms with Gasteiger partial charge in [0.1, 0.15) is 0 Å². The highest BCUT2D eigenvalue weighted by atomic mass is 32.2. The number of benzene rings is 2. The van der Waals surface area contributed by atoms with E-state index in [2.05, 4.69) is 29.4 Å². The first-order chi connectivity index (χ1) is 16.1. The lowest BCUT2D eigenvalue weighted by molar-refractivity contribution is -0.120. The molecule has 1 aromatic heterocycles. The molecule has 1 aliphatic heterocycles. The largest absolute Gasteiger partial charge is 0.454 e. The number of carbonyl (C=O) groups excluding carboxylic acids is 1. The molecule has 5 rings (SSSR count). The Bertz CT molecular complexity index is 1130. The van der Waals surface area contributed by atoms with Crippen molar-refractivity contribution in [2.45, 2.75) is 44.3 Å². The maximum Gasteiger partial charge on any atom is 0.231 e. The lowest BCUT2D eigenvalue weighted by Crippen LogP contribution is -2.44. The van der Waals surface area contributed by atoms with Crippen LogP contribution in [0, 0.1) is 11.8 Å². The Morgan fingerprint density at radius 1 is 1.09 bits per heavy atom. The Labute approximate surface area is 197 Å². The van der Waals surface area contributed by atoms with E-state index in [9.17, 15) is 4.79 Å². The van der Waals surface area contributed by atoms with Crippen LogP contribution in [0.5, 0.6) is 11.5 Å². The average molecular weight is 465 g/mol. The minimum Gasteiger partial charge on any atom is -0.454 e. The lowest BCUT2D eigenvalue weighted by atomic mass is 9.78. The SMILES string of the molecule is C[C@H]1[C@H](C)CCC[C@H]1NC(=O)CSc1nnc(-c2ccc3c(c2)OCO3)n1-c1ccccc1. The molecule has 7 nitrogen and oxygen atoms in total. The second-order valence-electron chi connectivity index (χ2n) is 8.78. The number of rotatable bonds is 6. The minimum atomic E-state index is 0.0400. The third-order valence-corrected chi connectivity index (χ3v) is 7.59. The van der Waals surface area contributed by atoms with Crippen LogP contribution in [0.15, 0.2) is 53.7 Å². The van der Waals surface area contributed by atoms with Crippen LogP contribution in [0.25, 0.3) is 17.1 Å². The van der Waals surface area contributed by atoms with Crippen LogP contribution in [-0.4, -0.2) is 39.3 Å². The van der Waals surface area contributed by atoms with Gasteiger partial charge in [-0.25, -0.2) is 0 Å². The van der Waals surface area contributed by atoms with E-state index in [1.807, 2.05) is 53.1 Å². The van der Waals surface area contributed by atoms with E-state index in [1.165, 1.54) is 24.6 Å². The molecule has 2 heterocycles. The summed E-state index contributed by atoms with van der Waals surface area (Å²) in [7, 11) is 0. The van der Waals surface area contributed by atoms with Crippen molar-refractivity contribution in [3.05, 3.63) is 48.5 Å². The summed E-state index contributed by atoms with van der Waals surface area (Å²) in [4.78, 5) is 12.8. The molecule has 1 amide bonds. The van der Waals surface area contributed by atoms with E-state index < -0.39 is 0 Å². The van der Waals surface area contributed by atoms with Gasteiger partial charge in [0.2, 0.25) is 12.7 Å². The van der Waals surface area contributed by atoms with Crippen LogP contribution >= 0.6 is 11.8 Å². The summed E-state index contributed by atoms with van der Waals surface area (Å²) < 4.78 is 13.0. The fourth-order valence-corrected chi connectivity index (χ4v) is 5.32. The van der Waals surface area contributed by atoms with Crippen molar-refractivity contribution in [2.24, 2.45) is 11.8 Å². The number of ether oxygens (including phenoxy) is 2. The summed E-state index contributed by atoms with van der Waals surface area (Å²) in [5, 5.41) is 12.8. The van der Waals surface area contributed by atoms with E-state index >= 15 is 0 Å². The van der Waals surface area contributed by atoms with Gasteiger partial charge >= 0.3 is 0 Å². The molecule has 172 valence electrons. The fourth-order valence-electron chi connectivity index (χ4n) is 4.56. The summed E-state index contributed by atoms with van der Waals surface area (Å²) >= 11 is 1.40. The first kappa shape index (κ1) is 21.8. The number of nitrogens with zero attached hydrogens (tertiary/aromatic N) is 3. The van der Waals surface area contributed by atoms with E-state index in [1.54, 1.807) is 0 Å². The van der Waals surface area contributed by atoms with Gasteiger partial charge in [0, 0.05) is 17.3 Å². The van der Waals surface area contributed by atoms with Crippen molar-refractivity contribution < 1.29 is 14.3 Å². The van der Waals surface area contributed by atoms with Crippen LogP contribution in [-0.2, 0) is 4.79 Å². The Balaban J connectivity index is 1.37. The zero-order valence-electron chi connectivity index (χ0n) is 18.9. The van der Waals surface area contributed by atoms with Crippen LogP contribution in [0.4, 0.5) is 0 Å². The van der Waals surface area contributed by atoms with Gasteiger partial charge in [0.25, 0.3) is 0 Å². The Kier molecular flexibility index (Phi) is 6.26. The predicted molar refractivity (Wildman–Crippen MR) is 128 cm³/mol. The molecule has 0 saturated heterocycles. The molecule has 2 aliphatic rings. The molecular weight excluding hydrogens is 436 g/mol. The molecule has 3 atom stereocenters. The monoisotopic (exact) mass is 464 g/mol. The maximum atomic E-state index is 12.8. The number of aromatic nitrogens is 3. The van der Waals surface area contributed by atoms with Crippen molar-refractivity contribution in [1.82, 2.24) is 20.1 Å². The second-order valence-corrected chi connectivity index (χ2v) is 9.72. The highest BCUT2D eigenvalue weighted by Crippen LogP contribution is 2.37. The van der Waals surface area contributed by atoms with Crippen LogP contribution < -0.4 is 14.8 Å². The van der Waals surface area contributed by atoms with Crippen LogP contribution in [0.1, 0.15) is 33.1 Å². The smallest absolute Gasteiger partial charge is 0.231 e. The van der Waals surface area contributed by atoms with Crippen molar-refractivity contribution in [2.75, 3.05) is 12.5 Å². The Hall–Kier alpha value is -3.00. The first-order valence-corrected chi connectivity index (χ1v) is 12.4. The zero-order valence-corrected chi connectivity index (χ0v) is 19.7. The minimum absolute atomic E-state index is 0.0400. The second kappa shape index (κ2) is 9.47. The van der Waals surface area contributed by atoms with Gasteiger partial charge in [-0.15, -0.1) is 10.2 Å². The highest BCUT2D eigenvalue weighted by Gasteiger charge is 2.28. The average Bonchev–Trinajstić information content (AvgIpc) is 3.47. The van der Waals surface area contributed by atoms with Gasteiger partial charge in [0.15, 0.2) is 22.5 Å². The lowest BCUT2D eigenvalue weighted by Gasteiger charge is -2.34. The third-order valence-electron chi connectivity index (χ3n) is 6.66. The van der Waals surface area contributed by atoms with Crippen LogP contribution in [0.2, 0.25) is 0 Å². The molecular formula is C25H28N4O3S. The zero-order chi connectivity index (χ0) is 22.8. The standard InChI is InChI=1S/C25H28N4O3S/c1-16-7-6-10-20(17(16)2)26-23(30)14-33-25-28-27-24(29(25)19-8-4-3-5-9-19)18-11-12-21-22(13-18)32-15-31-21/h3-5,8-9,11-13,16-17,20H,6-7,10,14-15H2,1-2H3,(H,26,30)/t16-,17+,20-/m1/s1. The van der Waals surface area contributed by atoms with E-state index in [-0.39, 0.29) is 18.7 Å². The molecule has 0 bridgehead atoms. The Morgan fingerprint density at radius 3 is 2.76 bits per heavy atom. The van der Waals surface area contributed by atoms with E-state index in [0.717, 1.165) is 23.4 Å². The number of thioether (sulfide) groups is 1. The highest BCUT2D eigenvalue weighted by molar-refractivity contribution is 7.99. The quantitative estimate of drug-likeness (QED) is 0.533. The van der Waals surface area contributed by atoms with Gasteiger partial charge in [0.05, 0.1) is 5.75 Å². The van der Waals surface area contributed by atoms with Gasteiger partial charge in [-0.3, -0.25) is 9.36 Å². The molecule has 0 unspecified atom stereocenters. The fraction of sp³-hybridized carbons (Fsp3) is 0.400. The topological polar surface area (TPSA) is 78.3 Å². The summed E-state index contributed by atoms with van der Waals surface area (Å²) in [6.45, 7) is 4.74. The van der Waals surface area contributed by atoms with Gasteiger partial charge in [-0.2, -0.15) is 0 Å². The van der Waals surface area contributed by atoms with E-state index in [4.69, 9.17) is 9.47 Å². The van der Waals surface area contributed by atoms with Crippen molar-refractivity contribution in [1.29, 1.82) is 0 Å². The normalized spacial score (nSPS) is 21.7. The molecule has 1 fully saturated rings. The number of carbonyl (C=O) groups is 1. The molecule has 0 spiro atoms. The van der Waals surface area contributed by atoms with E-state index in [0.29, 0.717) is 34.3 Å². The molecule has 0 radical (unpaired) electrons. The van der Waals surface area contributed by atoms with Gasteiger partial charge in [-0.1, -0.05) is 56.7 Å². The number of hydrogen-bond acceptors (Lipinski definition) is 6. The van der Waals surface area contributed by atoms with Gasteiger partial charge in [-0.05, 0) is 48.6 Å².